The number of rotatable bonds is 7. The van der Waals surface area contributed by atoms with Gasteiger partial charge >= 0.3 is 0 Å². The summed E-state index contributed by atoms with van der Waals surface area (Å²) in [6.45, 7) is 5.97. The van der Waals surface area contributed by atoms with E-state index in [9.17, 15) is 4.79 Å². The number of benzene rings is 1. The minimum atomic E-state index is -0.329. The molecule has 0 bridgehead atoms. The molecule has 0 saturated heterocycles. The van der Waals surface area contributed by atoms with E-state index < -0.39 is 0 Å². The summed E-state index contributed by atoms with van der Waals surface area (Å²) in [7, 11) is 0. The summed E-state index contributed by atoms with van der Waals surface area (Å²) in [5, 5.41) is 0. The average molecular weight is 261 g/mol. The highest BCUT2D eigenvalue weighted by Crippen LogP contribution is 2.29. The summed E-state index contributed by atoms with van der Waals surface area (Å²) in [6.07, 6.45) is 2.18. The summed E-state index contributed by atoms with van der Waals surface area (Å²) in [5.74, 6) is 0.784. The Hall–Kier alpha value is -1.35. The van der Waals surface area contributed by atoms with Crippen LogP contribution < -0.4 is 0 Å². The number of ether oxygens (including phenoxy) is 1. The third-order valence-corrected chi connectivity index (χ3v) is 3.54. The zero-order valence-electron chi connectivity index (χ0n) is 11.8. The lowest BCUT2D eigenvalue weighted by Crippen LogP contribution is -2.38. The molecule has 0 radical (unpaired) electrons. The Morgan fingerprint density at radius 2 is 2.05 bits per heavy atom. The molecule has 19 heavy (non-hydrogen) atoms. The van der Waals surface area contributed by atoms with E-state index in [1.54, 1.807) is 0 Å². The molecule has 0 heterocycles. The minimum Gasteiger partial charge on any atom is -0.368 e. The molecule has 104 valence electrons. The van der Waals surface area contributed by atoms with Gasteiger partial charge in [0, 0.05) is 13.1 Å². The molecular weight excluding hydrogens is 238 g/mol. The lowest BCUT2D eigenvalue weighted by atomic mass is 10.2. The maximum Gasteiger partial charge on any atom is 0.251 e. The second-order valence-electron chi connectivity index (χ2n) is 5.26. The van der Waals surface area contributed by atoms with E-state index in [4.69, 9.17) is 4.74 Å². The van der Waals surface area contributed by atoms with Crippen molar-refractivity contribution < 1.29 is 9.53 Å². The normalized spacial score (nSPS) is 16.1. The number of likely N-dealkylation sites (N-methyl/N-ethyl adjacent to an activating group) is 1. The Kier molecular flexibility index (Phi) is 4.97. The van der Waals surface area contributed by atoms with Crippen LogP contribution in [-0.2, 0) is 16.1 Å². The molecule has 1 aliphatic rings. The highest BCUT2D eigenvalue weighted by atomic mass is 16.5. The van der Waals surface area contributed by atoms with Gasteiger partial charge in [0.15, 0.2) is 0 Å². The van der Waals surface area contributed by atoms with Gasteiger partial charge < -0.3 is 9.64 Å². The van der Waals surface area contributed by atoms with Crippen LogP contribution in [0.3, 0.4) is 0 Å². The molecule has 0 spiro atoms. The van der Waals surface area contributed by atoms with Crippen molar-refractivity contribution in [3.8, 4) is 0 Å². The zero-order chi connectivity index (χ0) is 13.7. The molecule has 1 saturated carbocycles. The Labute approximate surface area is 115 Å². The summed E-state index contributed by atoms with van der Waals surface area (Å²) in [5.41, 5.74) is 1.16. The van der Waals surface area contributed by atoms with Crippen LogP contribution in [-0.4, -0.2) is 30.1 Å². The lowest BCUT2D eigenvalue weighted by Gasteiger charge is -2.24. The maximum atomic E-state index is 12.3. The Bertz CT molecular complexity index is 400. The number of hydrogen-bond acceptors (Lipinski definition) is 2. The first kappa shape index (κ1) is 14.1. The first-order valence-corrected chi connectivity index (χ1v) is 7.15. The van der Waals surface area contributed by atoms with Gasteiger partial charge in [0.25, 0.3) is 5.91 Å². The van der Waals surface area contributed by atoms with Crippen molar-refractivity contribution in [1.82, 2.24) is 4.90 Å². The van der Waals surface area contributed by atoms with Crippen molar-refractivity contribution in [3.05, 3.63) is 35.9 Å². The highest BCUT2D eigenvalue weighted by Gasteiger charge is 2.25. The monoisotopic (exact) mass is 261 g/mol. The number of hydrogen-bond donors (Lipinski definition) is 0. The van der Waals surface area contributed by atoms with Crippen molar-refractivity contribution in [3.63, 3.8) is 0 Å². The molecule has 3 nitrogen and oxygen atoms in total. The van der Waals surface area contributed by atoms with Crippen molar-refractivity contribution in [1.29, 1.82) is 0 Å². The highest BCUT2D eigenvalue weighted by molar-refractivity contribution is 5.80. The molecule has 3 heteroatoms. The second-order valence-corrected chi connectivity index (χ2v) is 5.26. The van der Waals surface area contributed by atoms with Crippen LogP contribution in [0, 0.1) is 5.92 Å². The average Bonchev–Trinajstić information content (AvgIpc) is 3.26. The van der Waals surface area contributed by atoms with Crippen molar-refractivity contribution in [2.24, 2.45) is 5.92 Å². The summed E-state index contributed by atoms with van der Waals surface area (Å²) in [4.78, 5) is 14.2. The quantitative estimate of drug-likeness (QED) is 0.755. The fourth-order valence-electron chi connectivity index (χ4n) is 2.04. The van der Waals surface area contributed by atoms with Crippen LogP contribution in [0.25, 0.3) is 0 Å². The predicted octanol–water partition coefficient (Wildman–Crippen LogP) is 2.85. The van der Waals surface area contributed by atoms with E-state index in [-0.39, 0.29) is 12.0 Å². The summed E-state index contributed by atoms with van der Waals surface area (Å²) >= 11 is 0. The SMILES string of the molecule is CCN(Cc1ccccc1)C(=O)C(C)OCC1CC1. The van der Waals surface area contributed by atoms with Crippen LogP contribution in [0.15, 0.2) is 30.3 Å². The Morgan fingerprint density at radius 3 is 2.63 bits per heavy atom. The van der Waals surface area contributed by atoms with E-state index in [1.807, 2.05) is 49.1 Å². The van der Waals surface area contributed by atoms with Gasteiger partial charge in [-0.1, -0.05) is 30.3 Å². The lowest BCUT2D eigenvalue weighted by molar-refractivity contribution is -0.143. The molecule has 2 rings (SSSR count). The minimum absolute atomic E-state index is 0.0898. The van der Waals surface area contributed by atoms with Gasteiger partial charge in [-0.15, -0.1) is 0 Å². The third kappa shape index (κ3) is 4.35. The Balaban J connectivity index is 1.86. The van der Waals surface area contributed by atoms with Crippen molar-refractivity contribution in [2.75, 3.05) is 13.2 Å². The number of amides is 1. The molecule has 1 aliphatic carbocycles. The molecule has 1 amide bonds. The fraction of sp³-hybridized carbons (Fsp3) is 0.562. The van der Waals surface area contributed by atoms with Gasteiger partial charge in [-0.2, -0.15) is 0 Å². The first-order valence-electron chi connectivity index (χ1n) is 7.15. The second kappa shape index (κ2) is 6.71. The van der Waals surface area contributed by atoms with Crippen molar-refractivity contribution in [2.45, 2.75) is 39.3 Å². The van der Waals surface area contributed by atoms with Gasteiger partial charge in [-0.3, -0.25) is 4.79 Å². The molecule has 1 aromatic rings. The van der Waals surface area contributed by atoms with E-state index in [1.165, 1.54) is 12.8 Å². The standard InChI is InChI=1S/C16H23NO2/c1-3-17(11-14-7-5-4-6-8-14)16(18)13(2)19-12-15-9-10-15/h4-8,13,15H,3,9-12H2,1-2H3. The van der Waals surface area contributed by atoms with Gasteiger partial charge in [0.2, 0.25) is 0 Å². The molecule has 1 aromatic carbocycles. The molecule has 1 fully saturated rings. The first-order chi connectivity index (χ1) is 9.20. The van der Waals surface area contributed by atoms with Gasteiger partial charge in [0.1, 0.15) is 6.10 Å². The zero-order valence-corrected chi connectivity index (χ0v) is 11.8. The number of carbonyl (C=O) groups excluding carboxylic acids is 1. The van der Waals surface area contributed by atoms with Gasteiger partial charge in [-0.05, 0) is 38.2 Å². The largest absolute Gasteiger partial charge is 0.368 e. The predicted molar refractivity (Wildman–Crippen MR) is 75.7 cm³/mol. The van der Waals surface area contributed by atoms with Crippen LogP contribution in [0.2, 0.25) is 0 Å². The summed E-state index contributed by atoms with van der Waals surface area (Å²) in [6, 6.07) is 10.1. The van der Waals surface area contributed by atoms with E-state index in [0.29, 0.717) is 19.0 Å². The molecule has 0 aromatic heterocycles. The molecule has 0 aliphatic heterocycles. The van der Waals surface area contributed by atoms with E-state index >= 15 is 0 Å². The molecule has 0 N–H and O–H groups in total. The topological polar surface area (TPSA) is 29.5 Å². The van der Waals surface area contributed by atoms with Crippen LogP contribution in [0.5, 0.6) is 0 Å². The number of nitrogens with zero attached hydrogens (tertiary/aromatic N) is 1. The molecule has 1 unspecified atom stereocenters. The van der Waals surface area contributed by atoms with E-state index in [0.717, 1.165) is 12.2 Å². The van der Waals surface area contributed by atoms with Crippen LogP contribution in [0.4, 0.5) is 0 Å². The fourth-order valence-corrected chi connectivity index (χ4v) is 2.04. The summed E-state index contributed by atoms with van der Waals surface area (Å²) < 4.78 is 5.66. The Morgan fingerprint density at radius 1 is 1.37 bits per heavy atom. The van der Waals surface area contributed by atoms with Crippen LogP contribution in [0.1, 0.15) is 32.3 Å². The van der Waals surface area contributed by atoms with Gasteiger partial charge in [-0.25, -0.2) is 0 Å². The molecular formula is C16H23NO2. The number of carbonyl (C=O) groups is 1. The van der Waals surface area contributed by atoms with Crippen LogP contribution >= 0.6 is 0 Å². The smallest absolute Gasteiger partial charge is 0.251 e. The van der Waals surface area contributed by atoms with E-state index in [2.05, 4.69) is 0 Å². The molecule has 1 atom stereocenters. The van der Waals surface area contributed by atoms with Crippen molar-refractivity contribution >= 4 is 5.91 Å². The maximum absolute atomic E-state index is 12.3. The third-order valence-electron chi connectivity index (χ3n) is 3.54. The van der Waals surface area contributed by atoms with Gasteiger partial charge in [0.05, 0.1) is 6.61 Å².